The minimum absolute atomic E-state index is 0.244. The summed E-state index contributed by atoms with van der Waals surface area (Å²) in [7, 11) is 1.23. The second-order valence-corrected chi connectivity index (χ2v) is 5.73. The molecular formula is C15H21NO5S. The van der Waals surface area contributed by atoms with Crippen molar-refractivity contribution in [1.29, 1.82) is 0 Å². The number of carbonyl (C=O) groups is 3. The quantitative estimate of drug-likeness (QED) is 0.735. The number of rotatable bonds is 8. The molecule has 0 bridgehead atoms. The standard InChI is InChI=1S/C15H21NO5S/c1-4-6-11-10(5-2)7-12(22-11)15(19)21-9-13(17)16-8-14(18)20-3/h7H,4-6,8-9H2,1-3H3,(H,16,17). The Labute approximate surface area is 133 Å². The molecule has 0 aliphatic heterocycles. The van der Waals surface area contributed by atoms with Crippen molar-refractivity contribution in [2.24, 2.45) is 0 Å². The molecule has 122 valence electrons. The van der Waals surface area contributed by atoms with Gasteiger partial charge in [0.15, 0.2) is 6.61 Å². The van der Waals surface area contributed by atoms with Gasteiger partial charge in [-0.25, -0.2) is 4.79 Å². The fraction of sp³-hybridized carbons (Fsp3) is 0.533. The number of thiophene rings is 1. The first kappa shape index (κ1) is 18.2. The van der Waals surface area contributed by atoms with E-state index in [1.54, 1.807) is 0 Å². The molecule has 1 aromatic rings. The molecule has 22 heavy (non-hydrogen) atoms. The average molecular weight is 327 g/mol. The summed E-state index contributed by atoms with van der Waals surface area (Å²) in [6.45, 7) is 3.46. The van der Waals surface area contributed by atoms with Gasteiger partial charge in [-0.2, -0.15) is 0 Å². The van der Waals surface area contributed by atoms with Crippen LogP contribution in [0, 0.1) is 0 Å². The summed E-state index contributed by atoms with van der Waals surface area (Å²) in [5.74, 6) is -1.62. The fourth-order valence-corrected chi connectivity index (χ4v) is 3.05. The molecule has 0 saturated heterocycles. The zero-order valence-electron chi connectivity index (χ0n) is 13.1. The van der Waals surface area contributed by atoms with Crippen LogP contribution in [0.15, 0.2) is 6.07 Å². The summed E-state index contributed by atoms with van der Waals surface area (Å²) in [6.07, 6.45) is 2.80. The second kappa shape index (κ2) is 9.19. The van der Waals surface area contributed by atoms with Crippen LogP contribution in [0.3, 0.4) is 0 Å². The van der Waals surface area contributed by atoms with E-state index < -0.39 is 24.5 Å². The molecule has 1 amide bonds. The van der Waals surface area contributed by atoms with E-state index in [-0.39, 0.29) is 6.54 Å². The van der Waals surface area contributed by atoms with Crippen molar-refractivity contribution < 1.29 is 23.9 Å². The van der Waals surface area contributed by atoms with Crippen LogP contribution < -0.4 is 5.32 Å². The van der Waals surface area contributed by atoms with Crippen LogP contribution in [0.1, 0.15) is 40.4 Å². The van der Waals surface area contributed by atoms with E-state index in [4.69, 9.17) is 4.74 Å². The molecule has 0 unspecified atom stereocenters. The zero-order valence-corrected chi connectivity index (χ0v) is 13.9. The lowest BCUT2D eigenvalue weighted by molar-refractivity contribution is -0.141. The smallest absolute Gasteiger partial charge is 0.348 e. The minimum atomic E-state index is -0.560. The number of aryl methyl sites for hydroxylation is 2. The highest BCUT2D eigenvalue weighted by Gasteiger charge is 2.16. The van der Waals surface area contributed by atoms with Crippen molar-refractivity contribution in [1.82, 2.24) is 5.32 Å². The van der Waals surface area contributed by atoms with E-state index in [9.17, 15) is 14.4 Å². The average Bonchev–Trinajstić information content (AvgIpc) is 2.93. The molecule has 0 atom stereocenters. The maximum atomic E-state index is 11.9. The van der Waals surface area contributed by atoms with E-state index in [1.807, 2.05) is 13.0 Å². The Morgan fingerprint density at radius 3 is 2.59 bits per heavy atom. The Kier molecular flexibility index (Phi) is 7.59. The van der Waals surface area contributed by atoms with Gasteiger partial charge in [0.2, 0.25) is 0 Å². The van der Waals surface area contributed by atoms with Gasteiger partial charge in [0.1, 0.15) is 11.4 Å². The number of hydrogen-bond donors (Lipinski definition) is 1. The van der Waals surface area contributed by atoms with Gasteiger partial charge in [0, 0.05) is 4.88 Å². The summed E-state index contributed by atoms with van der Waals surface area (Å²) >= 11 is 1.41. The summed E-state index contributed by atoms with van der Waals surface area (Å²) in [6, 6.07) is 1.82. The lowest BCUT2D eigenvalue weighted by Crippen LogP contribution is -2.33. The highest BCUT2D eigenvalue weighted by Crippen LogP contribution is 2.25. The first-order valence-corrected chi connectivity index (χ1v) is 7.95. The predicted octanol–water partition coefficient (Wildman–Crippen LogP) is 1.71. The van der Waals surface area contributed by atoms with Gasteiger partial charge in [-0.15, -0.1) is 11.3 Å². The summed E-state index contributed by atoms with van der Waals surface area (Å²) in [5.41, 5.74) is 1.15. The third-order valence-electron chi connectivity index (χ3n) is 2.95. The molecule has 0 aromatic carbocycles. The molecule has 1 rings (SSSR count). The van der Waals surface area contributed by atoms with Crippen LogP contribution >= 0.6 is 11.3 Å². The number of nitrogens with one attached hydrogen (secondary N) is 1. The number of methoxy groups -OCH3 is 1. The molecule has 0 fully saturated rings. The fourth-order valence-electron chi connectivity index (χ4n) is 1.80. The molecular weight excluding hydrogens is 306 g/mol. The SMILES string of the molecule is CCCc1sc(C(=O)OCC(=O)NCC(=O)OC)cc1CC. The van der Waals surface area contributed by atoms with Gasteiger partial charge in [-0.05, 0) is 24.5 Å². The molecule has 6 nitrogen and oxygen atoms in total. The number of carbonyl (C=O) groups excluding carboxylic acids is 3. The Balaban J connectivity index is 2.51. The van der Waals surface area contributed by atoms with Gasteiger partial charge >= 0.3 is 11.9 Å². The van der Waals surface area contributed by atoms with Crippen molar-refractivity contribution >= 4 is 29.2 Å². The number of esters is 2. The Morgan fingerprint density at radius 2 is 2.00 bits per heavy atom. The van der Waals surface area contributed by atoms with Crippen LogP contribution in [0.2, 0.25) is 0 Å². The largest absolute Gasteiger partial charge is 0.468 e. The lowest BCUT2D eigenvalue weighted by atomic mass is 10.1. The van der Waals surface area contributed by atoms with Crippen LogP contribution in [-0.4, -0.2) is 38.1 Å². The monoisotopic (exact) mass is 327 g/mol. The topological polar surface area (TPSA) is 81.7 Å². The van der Waals surface area contributed by atoms with Gasteiger partial charge in [0.05, 0.1) is 7.11 Å². The molecule has 1 N–H and O–H groups in total. The third kappa shape index (κ3) is 5.48. The molecule has 7 heteroatoms. The highest BCUT2D eigenvalue weighted by molar-refractivity contribution is 7.14. The van der Waals surface area contributed by atoms with Crippen LogP contribution in [0.5, 0.6) is 0 Å². The Morgan fingerprint density at radius 1 is 1.27 bits per heavy atom. The van der Waals surface area contributed by atoms with Gasteiger partial charge in [-0.1, -0.05) is 20.3 Å². The zero-order chi connectivity index (χ0) is 16.5. The van der Waals surface area contributed by atoms with E-state index in [0.29, 0.717) is 4.88 Å². The van der Waals surface area contributed by atoms with Gasteiger partial charge < -0.3 is 14.8 Å². The molecule has 0 saturated carbocycles. The number of amides is 1. The second-order valence-electron chi connectivity index (χ2n) is 4.59. The van der Waals surface area contributed by atoms with Gasteiger partial charge in [0.25, 0.3) is 5.91 Å². The Hall–Kier alpha value is -1.89. The molecule has 0 radical (unpaired) electrons. The molecule has 1 aromatic heterocycles. The normalized spacial score (nSPS) is 10.1. The van der Waals surface area contributed by atoms with Crippen molar-refractivity contribution in [3.63, 3.8) is 0 Å². The summed E-state index contributed by atoms with van der Waals surface area (Å²) < 4.78 is 9.34. The van der Waals surface area contributed by atoms with Gasteiger partial charge in [-0.3, -0.25) is 9.59 Å². The van der Waals surface area contributed by atoms with Crippen LogP contribution in [-0.2, 0) is 31.9 Å². The maximum absolute atomic E-state index is 11.9. The molecule has 0 spiro atoms. The van der Waals surface area contributed by atoms with E-state index in [1.165, 1.54) is 23.3 Å². The lowest BCUT2D eigenvalue weighted by Gasteiger charge is -2.04. The van der Waals surface area contributed by atoms with E-state index in [2.05, 4.69) is 17.0 Å². The minimum Gasteiger partial charge on any atom is -0.468 e. The molecule has 0 aliphatic rings. The highest BCUT2D eigenvalue weighted by atomic mass is 32.1. The maximum Gasteiger partial charge on any atom is 0.348 e. The molecule has 0 aliphatic carbocycles. The first-order chi connectivity index (χ1) is 10.5. The van der Waals surface area contributed by atoms with Crippen LogP contribution in [0.25, 0.3) is 0 Å². The van der Waals surface area contributed by atoms with Crippen molar-refractivity contribution in [3.8, 4) is 0 Å². The van der Waals surface area contributed by atoms with Crippen molar-refractivity contribution in [2.45, 2.75) is 33.1 Å². The van der Waals surface area contributed by atoms with Crippen molar-refractivity contribution in [3.05, 3.63) is 21.4 Å². The van der Waals surface area contributed by atoms with E-state index in [0.717, 1.165) is 24.8 Å². The van der Waals surface area contributed by atoms with E-state index >= 15 is 0 Å². The number of hydrogen-bond acceptors (Lipinski definition) is 6. The summed E-state index contributed by atoms with van der Waals surface area (Å²) in [5, 5.41) is 2.30. The Bertz CT molecular complexity index is 538. The number of ether oxygens (including phenoxy) is 2. The summed E-state index contributed by atoms with van der Waals surface area (Å²) in [4.78, 5) is 35.9. The van der Waals surface area contributed by atoms with Crippen molar-refractivity contribution in [2.75, 3.05) is 20.3 Å². The molecule has 1 heterocycles. The third-order valence-corrected chi connectivity index (χ3v) is 4.16. The predicted molar refractivity (Wildman–Crippen MR) is 83.0 cm³/mol. The van der Waals surface area contributed by atoms with Crippen LogP contribution in [0.4, 0.5) is 0 Å². The first-order valence-electron chi connectivity index (χ1n) is 7.14.